The summed E-state index contributed by atoms with van der Waals surface area (Å²) >= 11 is 2.75. The monoisotopic (exact) mass is 363 g/mol. The van der Waals surface area contributed by atoms with E-state index in [4.69, 9.17) is 8.83 Å². The van der Waals surface area contributed by atoms with Crippen LogP contribution < -0.4 is 4.90 Å². The average molecular weight is 363 g/mol. The lowest BCUT2D eigenvalue weighted by Gasteiger charge is -2.13. The second-order valence-electron chi connectivity index (χ2n) is 4.80. The second-order valence-corrected chi connectivity index (χ2v) is 6.69. The van der Waals surface area contributed by atoms with E-state index >= 15 is 0 Å². The van der Waals surface area contributed by atoms with E-state index < -0.39 is 12.0 Å². The molecule has 24 heavy (non-hydrogen) atoms. The van der Waals surface area contributed by atoms with Crippen molar-refractivity contribution < 1.29 is 23.5 Å². The first-order valence-electron chi connectivity index (χ1n) is 6.92. The van der Waals surface area contributed by atoms with Gasteiger partial charge in [-0.1, -0.05) is 0 Å². The predicted octanol–water partition coefficient (Wildman–Crippen LogP) is 4.86. The Morgan fingerprint density at radius 1 is 1.25 bits per heavy atom. The molecule has 2 amide bonds. The Bertz CT molecular complexity index is 836. The number of rotatable bonds is 5. The van der Waals surface area contributed by atoms with Crippen LogP contribution >= 0.6 is 23.1 Å². The van der Waals surface area contributed by atoms with Gasteiger partial charge in [-0.2, -0.15) is 4.90 Å². The molecule has 0 spiro atoms. The quantitative estimate of drug-likeness (QED) is 0.652. The standard InChI is InChI=1S/C16H13NO5S2/c1-10-12(23-8-11-4-2-6-21-11)9-24-14(10)15(18)17(16(19)20)13-5-3-7-22-13/h2-7,9H,8H2,1H3,(H,19,20). The maximum Gasteiger partial charge on any atom is 0.421 e. The van der Waals surface area contributed by atoms with E-state index in [9.17, 15) is 14.7 Å². The molecule has 0 atom stereocenters. The van der Waals surface area contributed by atoms with Crippen molar-refractivity contribution in [3.8, 4) is 0 Å². The van der Waals surface area contributed by atoms with Crippen LogP contribution in [0.3, 0.4) is 0 Å². The molecule has 0 aliphatic heterocycles. The van der Waals surface area contributed by atoms with Crippen LogP contribution in [0, 0.1) is 6.92 Å². The highest BCUT2D eigenvalue weighted by Crippen LogP contribution is 2.34. The lowest BCUT2D eigenvalue weighted by molar-refractivity contribution is 0.0982. The summed E-state index contributed by atoms with van der Waals surface area (Å²) in [7, 11) is 0. The molecule has 3 heterocycles. The highest BCUT2D eigenvalue weighted by molar-refractivity contribution is 7.98. The summed E-state index contributed by atoms with van der Waals surface area (Å²) in [6.07, 6.45) is 1.55. The summed E-state index contributed by atoms with van der Waals surface area (Å²) in [4.78, 5) is 26.0. The number of anilines is 1. The van der Waals surface area contributed by atoms with E-state index in [0.717, 1.165) is 16.2 Å². The summed E-state index contributed by atoms with van der Waals surface area (Å²) in [6.45, 7) is 1.80. The predicted molar refractivity (Wildman–Crippen MR) is 90.9 cm³/mol. The van der Waals surface area contributed by atoms with E-state index in [1.807, 2.05) is 17.5 Å². The number of amides is 2. The highest BCUT2D eigenvalue weighted by Gasteiger charge is 2.29. The first-order chi connectivity index (χ1) is 11.6. The fourth-order valence-corrected chi connectivity index (χ4v) is 4.22. The number of thiophene rings is 1. The molecular weight excluding hydrogens is 350 g/mol. The first-order valence-corrected chi connectivity index (χ1v) is 8.78. The normalized spacial score (nSPS) is 10.7. The molecule has 124 valence electrons. The number of imide groups is 1. The van der Waals surface area contributed by atoms with Crippen LogP contribution in [0.15, 0.2) is 55.9 Å². The van der Waals surface area contributed by atoms with E-state index in [0.29, 0.717) is 15.5 Å². The maximum absolute atomic E-state index is 12.6. The van der Waals surface area contributed by atoms with Crippen LogP contribution in [-0.4, -0.2) is 17.1 Å². The molecule has 3 rings (SSSR count). The molecule has 8 heteroatoms. The number of hydrogen-bond donors (Lipinski definition) is 1. The third-order valence-corrected chi connectivity index (χ3v) is 5.64. The van der Waals surface area contributed by atoms with Crippen molar-refractivity contribution in [1.29, 1.82) is 0 Å². The van der Waals surface area contributed by atoms with Crippen molar-refractivity contribution in [2.45, 2.75) is 17.6 Å². The van der Waals surface area contributed by atoms with Crippen LogP contribution in [0.1, 0.15) is 21.0 Å². The Balaban J connectivity index is 1.81. The number of carboxylic acid groups (broad SMARTS) is 1. The van der Waals surface area contributed by atoms with E-state index in [-0.39, 0.29) is 5.88 Å². The highest BCUT2D eigenvalue weighted by atomic mass is 32.2. The Labute approximate surface area is 145 Å². The second kappa shape index (κ2) is 6.98. The molecule has 0 aliphatic rings. The molecule has 0 bridgehead atoms. The summed E-state index contributed by atoms with van der Waals surface area (Å²) in [5.41, 5.74) is 0.749. The van der Waals surface area contributed by atoms with Crippen molar-refractivity contribution in [3.63, 3.8) is 0 Å². The largest absolute Gasteiger partial charge is 0.468 e. The van der Waals surface area contributed by atoms with Gasteiger partial charge in [0.15, 0.2) is 0 Å². The number of carbonyl (C=O) groups excluding carboxylic acids is 1. The van der Waals surface area contributed by atoms with Gasteiger partial charge in [-0.05, 0) is 30.7 Å². The zero-order valence-electron chi connectivity index (χ0n) is 12.6. The number of nitrogens with zero attached hydrogens (tertiary/aromatic N) is 1. The molecule has 3 aromatic heterocycles. The minimum Gasteiger partial charge on any atom is -0.468 e. The fraction of sp³-hybridized carbons (Fsp3) is 0.125. The molecule has 1 N–H and O–H groups in total. The Kier molecular flexibility index (Phi) is 4.77. The van der Waals surface area contributed by atoms with E-state index in [2.05, 4.69) is 0 Å². The van der Waals surface area contributed by atoms with Gasteiger partial charge in [-0.25, -0.2) is 4.79 Å². The van der Waals surface area contributed by atoms with Crippen LogP contribution in [0.2, 0.25) is 0 Å². The van der Waals surface area contributed by atoms with Crippen molar-refractivity contribution in [2.24, 2.45) is 0 Å². The van der Waals surface area contributed by atoms with Gasteiger partial charge in [0.1, 0.15) is 5.76 Å². The maximum atomic E-state index is 12.6. The van der Waals surface area contributed by atoms with Crippen LogP contribution in [0.4, 0.5) is 10.7 Å². The van der Waals surface area contributed by atoms with Crippen LogP contribution in [0.25, 0.3) is 0 Å². The molecule has 3 aromatic rings. The average Bonchev–Trinajstić information content (AvgIpc) is 3.27. The molecule has 0 saturated heterocycles. The van der Waals surface area contributed by atoms with Crippen LogP contribution in [-0.2, 0) is 5.75 Å². The van der Waals surface area contributed by atoms with Gasteiger partial charge in [-0.15, -0.1) is 23.1 Å². The van der Waals surface area contributed by atoms with Gasteiger partial charge in [0, 0.05) is 16.3 Å². The number of thioether (sulfide) groups is 1. The van der Waals surface area contributed by atoms with Gasteiger partial charge >= 0.3 is 6.09 Å². The molecule has 0 unspecified atom stereocenters. The molecule has 0 aromatic carbocycles. The molecule has 6 nitrogen and oxygen atoms in total. The lowest BCUT2D eigenvalue weighted by Crippen LogP contribution is -2.35. The number of hydrogen-bond acceptors (Lipinski definition) is 6. The summed E-state index contributed by atoms with van der Waals surface area (Å²) < 4.78 is 10.3. The van der Waals surface area contributed by atoms with Gasteiger partial charge < -0.3 is 13.9 Å². The Morgan fingerprint density at radius 3 is 2.62 bits per heavy atom. The Morgan fingerprint density at radius 2 is 2.00 bits per heavy atom. The van der Waals surface area contributed by atoms with Crippen molar-refractivity contribution in [2.75, 3.05) is 4.90 Å². The summed E-state index contributed by atoms with van der Waals surface area (Å²) in [5, 5.41) is 11.2. The summed E-state index contributed by atoms with van der Waals surface area (Å²) in [6, 6.07) is 6.66. The van der Waals surface area contributed by atoms with Gasteiger partial charge in [0.25, 0.3) is 5.91 Å². The fourth-order valence-electron chi connectivity index (χ4n) is 2.08. The topological polar surface area (TPSA) is 83.9 Å². The SMILES string of the molecule is Cc1c(SCc2ccco2)csc1C(=O)N(C(=O)O)c1ccco1. The molecule has 0 radical (unpaired) electrons. The van der Waals surface area contributed by atoms with Crippen LogP contribution in [0.5, 0.6) is 0 Å². The third kappa shape index (κ3) is 3.24. The third-order valence-electron chi connectivity index (χ3n) is 3.26. The van der Waals surface area contributed by atoms with E-state index in [1.54, 1.807) is 13.2 Å². The first kappa shape index (κ1) is 16.4. The van der Waals surface area contributed by atoms with Gasteiger partial charge in [0.05, 0.1) is 23.2 Å². The van der Waals surface area contributed by atoms with Crippen molar-refractivity contribution in [1.82, 2.24) is 0 Å². The minimum atomic E-state index is -1.38. The molecule has 0 aliphatic carbocycles. The van der Waals surface area contributed by atoms with Gasteiger partial charge in [0.2, 0.25) is 5.88 Å². The lowest BCUT2D eigenvalue weighted by atomic mass is 10.2. The number of carbonyl (C=O) groups is 2. The minimum absolute atomic E-state index is 0.0231. The summed E-state index contributed by atoms with van der Waals surface area (Å²) in [5.74, 6) is 0.829. The number of furan rings is 2. The van der Waals surface area contributed by atoms with E-state index in [1.165, 1.54) is 41.5 Å². The van der Waals surface area contributed by atoms with Crippen molar-refractivity contribution >= 4 is 41.0 Å². The molecule has 0 fully saturated rings. The molecular formula is C16H13NO5S2. The molecule has 0 saturated carbocycles. The Hall–Kier alpha value is -2.45. The van der Waals surface area contributed by atoms with Crippen molar-refractivity contribution in [3.05, 3.63) is 58.4 Å². The van der Waals surface area contributed by atoms with Gasteiger partial charge in [-0.3, -0.25) is 4.79 Å². The zero-order chi connectivity index (χ0) is 17.1. The smallest absolute Gasteiger partial charge is 0.421 e. The zero-order valence-corrected chi connectivity index (χ0v) is 14.2.